The molecule has 10 nitrogen and oxygen atoms in total. The minimum atomic E-state index is -0.909. The van der Waals surface area contributed by atoms with Gasteiger partial charge in [-0.05, 0) is 41.8 Å². The number of aromatic nitrogens is 1. The van der Waals surface area contributed by atoms with Crippen LogP contribution in [-0.4, -0.2) is 40.4 Å². The van der Waals surface area contributed by atoms with Crippen LogP contribution in [0.4, 0.5) is 11.5 Å². The van der Waals surface area contributed by atoms with Crippen molar-refractivity contribution in [1.82, 2.24) is 4.98 Å². The lowest BCUT2D eigenvalue weighted by molar-refractivity contribution is -0.121. The number of rotatable bonds is 9. The summed E-state index contributed by atoms with van der Waals surface area (Å²) in [5.41, 5.74) is 9.08. The van der Waals surface area contributed by atoms with Crippen molar-refractivity contribution in [1.29, 1.82) is 10.5 Å². The van der Waals surface area contributed by atoms with E-state index in [9.17, 15) is 29.7 Å². The van der Waals surface area contributed by atoms with Crippen molar-refractivity contribution in [2.75, 3.05) is 17.2 Å². The normalized spacial score (nSPS) is 14.1. The summed E-state index contributed by atoms with van der Waals surface area (Å²) in [6.45, 7) is 1.58. The third-order valence-electron chi connectivity index (χ3n) is 7.22. The van der Waals surface area contributed by atoms with E-state index in [1.54, 1.807) is 42.5 Å². The first-order chi connectivity index (χ1) is 21.7. The number of benzene rings is 3. The molecule has 1 atom stereocenters. The van der Waals surface area contributed by atoms with E-state index in [-0.39, 0.29) is 45.4 Å². The quantitative estimate of drug-likeness (QED) is 0.152. The molecule has 45 heavy (non-hydrogen) atoms. The molecule has 1 aliphatic rings. The molecule has 11 heteroatoms. The number of Topliss-reactive ketones (excluding diaryl/α,β-unsaturated/α-hetero) is 1. The summed E-state index contributed by atoms with van der Waals surface area (Å²) in [4.78, 5) is 56.5. The molecule has 0 aliphatic carbocycles. The maximum Gasteiger partial charge on any atom is 0.338 e. The monoisotopic (exact) mass is 615 g/mol. The fourth-order valence-corrected chi connectivity index (χ4v) is 5.97. The Bertz CT molecular complexity index is 1900. The average Bonchev–Trinajstić information content (AvgIpc) is 3.35. The topological polar surface area (TPSA) is 167 Å². The summed E-state index contributed by atoms with van der Waals surface area (Å²) in [5, 5.41) is 19.2. The van der Waals surface area contributed by atoms with Gasteiger partial charge in [0.1, 0.15) is 28.5 Å². The lowest BCUT2D eigenvalue weighted by atomic mass is 9.96. The minimum Gasteiger partial charge on any atom is -0.454 e. The maximum absolute atomic E-state index is 13.4. The molecule has 4 aromatic rings. The Labute approximate surface area is 263 Å². The van der Waals surface area contributed by atoms with Gasteiger partial charge < -0.3 is 10.5 Å². The van der Waals surface area contributed by atoms with Gasteiger partial charge >= 0.3 is 5.97 Å². The Morgan fingerprint density at radius 1 is 0.956 bits per heavy atom. The van der Waals surface area contributed by atoms with Crippen LogP contribution >= 0.6 is 11.8 Å². The van der Waals surface area contributed by atoms with Crippen molar-refractivity contribution >= 4 is 46.8 Å². The summed E-state index contributed by atoms with van der Waals surface area (Å²) in [6.07, 6.45) is 0.648. The van der Waals surface area contributed by atoms with Crippen LogP contribution in [0, 0.1) is 22.7 Å². The molecule has 3 aromatic carbocycles. The third-order valence-corrected chi connectivity index (χ3v) is 8.39. The number of nitrogens with zero attached hydrogens (tertiary/aromatic N) is 4. The zero-order chi connectivity index (χ0) is 32.1. The first kappa shape index (κ1) is 30.7. The molecule has 1 aliphatic heterocycles. The van der Waals surface area contributed by atoms with Crippen LogP contribution in [0.25, 0.3) is 11.1 Å². The number of hydrogen-bond donors (Lipinski definition) is 1. The van der Waals surface area contributed by atoms with Gasteiger partial charge in [-0.1, -0.05) is 73.3 Å². The SMILES string of the molecule is CCc1ccc(-c2c(C#N)c(N)nc(SC3CC(=O)N(c4ccc(C(=O)OCC(=O)c5ccccc5)cc4)C3=O)c2C#N)cc1. The van der Waals surface area contributed by atoms with Crippen molar-refractivity contribution in [2.24, 2.45) is 0 Å². The molecule has 5 rings (SSSR count). The second kappa shape index (κ2) is 13.2. The summed E-state index contributed by atoms with van der Waals surface area (Å²) in [7, 11) is 0. The maximum atomic E-state index is 13.4. The first-order valence-corrected chi connectivity index (χ1v) is 14.8. The highest BCUT2D eigenvalue weighted by Gasteiger charge is 2.41. The van der Waals surface area contributed by atoms with Gasteiger partial charge in [-0.3, -0.25) is 14.4 Å². The van der Waals surface area contributed by atoms with E-state index in [0.29, 0.717) is 16.7 Å². The molecule has 0 saturated carbocycles. The van der Waals surface area contributed by atoms with E-state index in [2.05, 4.69) is 11.1 Å². The van der Waals surface area contributed by atoms with Gasteiger partial charge in [0.05, 0.1) is 22.1 Å². The minimum absolute atomic E-state index is 0.0543. The number of thioether (sulfide) groups is 1. The number of aryl methyl sites for hydroxylation is 1. The molecule has 1 unspecified atom stereocenters. The molecular formula is C34H25N5O5S. The van der Waals surface area contributed by atoms with Crippen LogP contribution in [0.3, 0.4) is 0 Å². The summed E-state index contributed by atoms with van der Waals surface area (Å²) in [6, 6.07) is 25.7. The average molecular weight is 616 g/mol. The van der Waals surface area contributed by atoms with E-state index >= 15 is 0 Å². The van der Waals surface area contributed by atoms with Crippen molar-refractivity contribution in [3.8, 4) is 23.3 Å². The summed E-state index contributed by atoms with van der Waals surface area (Å²) in [5.74, 6) is -2.17. The van der Waals surface area contributed by atoms with Crippen LogP contribution in [0.5, 0.6) is 0 Å². The predicted molar refractivity (Wildman–Crippen MR) is 167 cm³/mol. The number of hydrogen-bond acceptors (Lipinski definition) is 10. The Hall–Kier alpha value is -5.78. The molecule has 0 spiro atoms. The second-order valence-electron chi connectivity index (χ2n) is 9.99. The van der Waals surface area contributed by atoms with Gasteiger partial charge in [0.15, 0.2) is 12.4 Å². The fourth-order valence-electron chi connectivity index (χ4n) is 4.85. The molecule has 2 amide bonds. The predicted octanol–water partition coefficient (Wildman–Crippen LogP) is 5.10. The third kappa shape index (κ3) is 6.30. The van der Waals surface area contributed by atoms with Crippen molar-refractivity contribution in [3.05, 3.63) is 107 Å². The number of nitrogens with two attached hydrogens (primary N) is 1. The molecule has 0 bridgehead atoms. The van der Waals surface area contributed by atoms with Gasteiger partial charge in [0.25, 0.3) is 0 Å². The molecule has 1 saturated heterocycles. The standard InChI is InChI=1S/C34H25N5O5S/c1-2-20-8-10-22(11-9-20)30-25(17-35)31(37)38-32(26(30)18-36)45-28-16-29(41)39(33(28)42)24-14-12-23(13-15-24)34(43)44-19-27(40)21-6-4-3-5-7-21/h3-15,28H,2,16,19H2,1H3,(H2,37,38). The van der Waals surface area contributed by atoms with Crippen molar-refractivity contribution in [2.45, 2.75) is 30.0 Å². The number of ether oxygens (including phenoxy) is 1. The number of carbonyl (C=O) groups is 4. The van der Waals surface area contributed by atoms with Gasteiger partial charge in [-0.25, -0.2) is 14.7 Å². The fraction of sp³-hybridized carbons (Fsp3) is 0.147. The zero-order valence-electron chi connectivity index (χ0n) is 24.0. The Balaban J connectivity index is 1.33. The number of imide groups is 1. The number of carbonyl (C=O) groups excluding carboxylic acids is 4. The van der Waals surface area contributed by atoms with Gasteiger partial charge in [-0.15, -0.1) is 0 Å². The van der Waals surface area contributed by atoms with Gasteiger partial charge in [-0.2, -0.15) is 10.5 Å². The summed E-state index contributed by atoms with van der Waals surface area (Å²) >= 11 is 0.937. The molecule has 1 fully saturated rings. The smallest absolute Gasteiger partial charge is 0.338 e. The number of amides is 2. The molecule has 2 N–H and O–H groups in total. The van der Waals surface area contributed by atoms with E-state index in [1.807, 2.05) is 25.1 Å². The molecular weight excluding hydrogens is 590 g/mol. The largest absolute Gasteiger partial charge is 0.454 e. The van der Waals surface area contributed by atoms with Crippen LogP contribution in [0.15, 0.2) is 83.9 Å². The second-order valence-corrected chi connectivity index (χ2v) is 11.2. The van der Waals surface area contributed by atoms with E-state index in [4.69, 9.17) is 10.5 Å². The highest BCUT2D eigenvalue weighted by atomic mass is 32.2. The van der Waals surface area contributed by atoms with Crippen LogP contribution in [0.2, 0.25) is 0 Å². The molecule has 0 radical (unpaired) electrons. The van der Waals surface area contributed by atoms with Gasteiger partial charge in [0.2, 0.25) is 11.8 Å². The Morgan fingerprint density at radius 2 is 1.62 bits per heavy atom. The van der Waals surface area contributed by atoms with E-state index < -0.39 is 29.6 Å². The lowest BCUT2D eigenvalue weighted by Gasteiger charge is -2.17. The zero-order valence-corrected chi connectivity index (χ0v) is 24.8. The number of nitriles is 2. The number of ketones is 1. The van der Waals surface area contributed by atoms with Crippen LogP contribution in [0.1, 0.15) is 50.8 Å². The van der Waals surface area contributed by atoms with E-state index in [0.717, 1.165) is 28.6 Å². The van der Waals surface area contributed by atoms with Crippen LogP contribution < -0.4 is 10.6 Å². The number of nitrogen functional groups attached to an aromatic ring is 1. The van der Waals surface area contributed by atoms with Crippen LogP contribution in [-0.2, 0) is 20.7 Å². The number of pyridine rings is 1. The number of esters is 1. The van der Waals surface area contributed by atoms with Gasteiger partial charge in [0, 0.05) is 17.5 Å². The number of anilines is 2. The first-order valence-electron chi connectivity index (χ1n) is 13.9. The molecule has 1 aromatic heterocycles. The van der Waals surface area contributed by atoms with E-state index in [1.165, 1.54) is 24.3 Å². The highest BCUT2D eigenvalue weighted by molar-refractivity contribution is 8.00. The molecule has 222 valence electrons. The Morgan fingerprint density at radius 3 is 2.24 bits per heavy atom. The summed E-state index contributed by atoms with van der Waals surface area (Å²) < 4.78 is 5.13. The molecule has 2 heterocycles. The van der Waals surface area contributed by atoms with Crippen molar-refractivity contribution < 1.29 is 23.9 Å². The highest BCUT2D eigenvalue weighted by Crippen LogP contribution is 2.40. The lowest BCUT2D eigenvalue weighted by Crippen LogP contribution is -2.31. The van der Waals surface area contributed by atoms with Crippen molar-refractivity contribution in [3.63, 3.8) is 0 Å². The Kier molecular flexibility index (Phi) is 9.03.